The van der Waals surface area contributed by atoms with Crippen LogP contribution in [0.15, 0.2) is 18.3 Å². The zero-order valence-corrected chi connectivity index (χ0v) is 8.96. The van der Waals surface area contributed by atoms with Crippen LogP contribution in [-0.4, -0.2) is 30.7 Å². The summed E-state index contributed by atoms with van der Waals surface area (Å²) in [6, 6.07) is 3.74. The molecule has 78 valence electrons. The van der Waals surface area contributed by atoms with Crippen molar-refractivity contribution in [2.45, 2.75) is 6.92 Å². The molecule has 0 amide bonds. The zero-order chi connectivity index (χ0) is 10.2. The van der Waals surface area contributed by atoms with E-state index in [9.17, 15) is 0 Å². The Labute approximate surface area is 89.0 Å². The summed E-state index contributed by atoms with van der Waals surface area (Å²) in [5.74, 6) is 1.33. The van der Waals surface area contributed by atoms with Gasteiger partial charge in [0, 0.05) is 12.1 Å². The molecule has 14 heavy (non-hydrogen) atoms. The Morgan fingerprint density at radius 2 is 2.21 bits per heavy atom. The van der Waals surface area contributed by atoms with Gasteiger partial charge in [-0.3, -0.25) is 4.98 Å². The lowest BCUT2D eigenvalue weighted by Crippen LogP contribution is -2.08. The summed E-state index contributed by atoms with van der Waals surface area (Å²) >= 11 is 5.45. The van der Waals surface area contributed by atoms with Crippen molar-refractivity contribution in [3.8, 4) is 5.75 Å². The third-order valence-corrected chi connectivity index (χ3v) is 1.82. The van der Waals surface area contributed by atoms with Gasteiger partial charge in [-0.15, -0.1) is 11.6 Å². The number of pyridine rings is 1. The van der Waals surface area contributed by atoms with E-state index >= 15 is 0 Å². The van der Waals surface area contributed by atoms with E-state index in [1.807, 2.05) is 19.1 Å². The first-order chi connectivity index (χ1) is 6.84. The Morgan fingerprint density at radius 3 is 2.93 bits per heavy atom. The minimum absolute atomic E-state index is 0.520. The highest BCUT2D eigenvalue weighted by Crippen LogP contribution is 2.12. The largest absolute Gasteiger partial charge is 0.489 e. The average Bonchev–Trinajstić information content (AvgIpc) is 2.20. The van der Waals surface area contributed by atoms with Gasteiger partial charge in [-0.25, -0.2) is 0 Å². The second-order valence-electron chi connectivity index (χ2n) is 2.74. The molecule has 0 saturated carbocycles. The molecule has 0 fully saturated rings. The molecule has 0 spiro atoms. The van der Waals surface area contributed by atoms with Crippen LogP contribution in [0.1, 0.15) is 5.69 Å². The molecule has 0 radical (unpaired) electrons. The summed E-state index contributed by atoms with van der Waals surface area (Å²) in [5.41, 5.74) is 0.893. The van der Waals surface area contributed by atoms with Gasteiger partial charge in [0.25, 0.3) is 0 Å². The number of aryl methyl sites for hydroxylation is 1. The standard InChI is InChI=1S/C10H14ClNO2/c1-9-10(3-2-5-12-9)14-8-7-13-6-4-11/h2-3,5H,4,6-8H2,1H3. The van der Waals surface area contributed by atoms with E-state index < -0.39 is 0 Å². The number of halogens is 1. The van der Waals surface area contributed by atoms with Crippen molar-refractivity contribution in [3.63, 3.8) is 0 Å². The highest BCUT2D eigenvalue weighted by Gasteiger charge is 1.97. The normalized spacial score (nSPS) is 10.1. The van der Waals surface area contributed by atoms with Crippen molar-refractivity contribution in [3.05, 3.63) is 24.0 Å². The predicted octanol–water partition coefficient (Wildman–Crippen LogP) is 2.02. The first-order valence-electron chi connectivity index (χ1n) is 4.52. The van der Waals surface area contributed by atoms with Gasteiger partial charge in [0.1, 0.15) is 12.4 Å². The van der Waals surface area contributed by atoms with E-state index in [-0.39, 0.29) is 0 Å². The van der Waals surface area contributed by atoms with Crippen molar-refractivity contribution in [2.24, 2.45) is 0 Å². The number of ether oxygens (including phenoxy) is 2. The van der Waals surface area contributed by atoms with Crippen molar-refractivity contribution >= 4 is 11.6 Å². The van der Waals surface area contributed by atoms with Gasteiger partial charge in [0.05, 0.1) is 18.9 Å². The molecule has 1 heterocycles. The maximum atomic E-state index is 5.45. The van der Waals surface area contributed by atoms with Crippen LogP contribution in [-0.2, 0) is 4.74 Å². The molecule has 0 unspecified atom stereocenters. The van der Waals surface area contributed by atoms with Gasteiger partial charge in [0.15, 0.2) is 0 Å². The summed E-state index contributed by atoms with van der Waals surface area (Å²) in [7, 11) is 0. The SMILES string of the molecule is Cc1ncccc1OCCOCCCl. The van der Waals surface area contributed by atoms with Gasteiger partial charge in [-0.05, 0) is 19.1 Å². The highest BCUT2D eigenvalue weighted by molar-refractivity contribution is 6.17. The molecule has 1 aromatic rings. The Bertz CT molecular complexity index is 268. The number of aromatic nitrogens is 1. The van der Waals surface area contributed by atoms with Crippen molar-refractivity contribution in [1.82, 2.24) is 4.98 Å². The zero-order valence-electron chi connectivity index (χ0n) is 8.20. The number of nitrogens with zero attached hydrogens (tertiary/aromatic N) is 1. The fourth-order valence-corrected chi connectivity index (χ4v) is 1.10. The van der Waals surface area contributed by atoms with Gasteiger partial charge in [-0.1, -0.05) is 0 Å². The molecule has 0 saturated heterocycles. The molecule has 0 aliphatic rings. The van der Waals surface area contributed by atoms with Crippen LogP contribution in [0.5, 0.6) is 5.75 Å². The van der Waals surface area contributed by atoms with E-state index in [4.69, 9.17) is 21.1 Å². The minimum Gasteiger partial charge on any atom is -0.489 e. The first kappa shape index (κ1) is 11.3. The molecule has 0 aromatic carbocycles. The Hall–Kier alpha value is -0.800. The van der Waals surface area contributed by atoms with Crippen molar-refractivity contribution in [2.75, 3.05) is 25.7 Å². The first-order valence-corrected chi connectivity index (χ1v) is 5.06. The van der Waals surface area contributed by atoms with Crippen LogP contribution in [0, 0.1) is 6.92 Å². The summed E-state index contributed by atoms with van der Waals surface area (Å²) < 4.78 is 10.6. The van der Waals surface area contributed by atoms with E-state index in [1.54, 1.807) is 6.20 Å². The molecule has 3 nitrogen and oxygen atoms in total. The average molecular weight is 216 g/mol. The van der Waals surface area contributed by atoms with Crippen molar-refractivity contribution < 1.29 is 9.47 Å². The Balaban J connectivity index is 2.21. The molecule has 0 N–H and O–H groups in total. The molecule has 1 rings (SSSR count). The third kappa shape index (κ3) is 3.94. The molecular weight excluding hydrogens is 202 g/mol. The summed E-state index contributed by atoms with van der Waals surface area (Å²) in [5, 5.41) is 0. The number of hydrogen-bond donors (Lipinski definition) is 0. The Morgan fingerprint density at radius 1 is 1.36 bits per heavy atom. The molecule has 0 aliphatic carbocycles. The molecule has 4 heteroatoms. The van der Waals surface area contributed by atoms with Crippen LogP contribution >= 0.6 is 11.6 Å². The fourth-order valence-electron chi connectivity index (χ4n) is 0.989. The lowest BCUT2D eigenvalue weighted by atomic mass is 10.3. The molecule has 0 atom stereocenters. The lowest BCUT2D eigenvalue weighted by molar-refractivity contribution is 0.111. The molecule has 0 bridgehead atoms. The van der Waals surface area contributed by atoms with Crippen LogP contribution in [0.4, 0.5) is 0 Å². The van der Waals surface area contributed by atoms with Gasteiger partial charge >= 0.3 is 0 Å². The second kappa shape index (κ2) is 6.62. The maximum Gasteiger partial charge on any atom is 0.140 e. The minimum atomic E-state index is 0.520. The predicted molar refractivity (Wildman–Crippen MR) is 56.0 cm³/mol. The topological polar surface area (TPSA) is 31.4 Å². The lowest BCUT2D eigenvalue weighted by Gasteiger charge is -2.07. The van der Waals surface area contributed by atoms with Crippen LogP contribution in [0.3, 0.4) is 0 Å². The number of alkyl halides is 1. The van der Waals surface area contributed by atoms with Gasteiger partial charge in [0.2, 0.25) is 0 Å². The van der Waals surface area contributed by atoms with E-state index in [0.717, 1.165) is 11.4 Å². The highest BCUT2D eigenvalue weighted by atomic mass is 35.5. The van der Waals surface area contributed by atoms with Crippen LogP contribution < -0.4 is 4.74 Å². The quantitative estimate of drug-likeness (QED) is 0.538. The molecule has 1 aromatic heterocycles. The fraction of sp³-hybridized carbons (Fsp3) is 0.500. The molecule has 0 aliphatic heterocycles. The third-order valence-electron chi connectivity index (χ3n) is 1.67. The van der Waals surface area contributed by atoms with E-state index in [2.05, 4.69) is 4.98 Å². The summed E-state index contributed by atoms with van der Waals surface area (Å²) in [6.07, 6.45) is 1.74. The van der Waals surface area contributed by atoms with Crippen LogP contribution in [0.2, 0.25) is 0 Å². The van der Waals surface area contributed by atoms with E-state index in [1.165, 1.54) is 0 Å². The van der Waals surface area contributed by atoms with Crippen molar-refractivity contribution in [1.29, 1.82) is 0 Å². The van der Waals surface area contributed by atoms with E-state index in [0.29, 0.717) is 25.7 Å². The maximum absolute atomic E-state index is 5.45. The molecular formula is C10H14ClNO2. The summed E-state index contributed by atoms with van der Waals surface area (Å²) in [4.78, 5) is 4.11. The second-order valence-corrected chi connectivity index (χ2v) is 3.11. The van der Waals surface area contributed by atoms with Crippen LogP contribution in [0.25, 0.3) is 0 Å². The number of rotatable bonds is 6. The van der Waals surface area contributed by atoms with Gasteiger partial charge < -0.3 is 9.47 Å². The monoisotopic (exact) mass is 215 g/mol. The van der Waals surface area contributed by atoms with Gasteiger partial charge in [-0.2, -0.15) is 0 Å². The number of hydrogen-bond acceptors (Lipinski definition) is 3. The smallest absolute Gasteiger partial charge is 0.140 e. The summed E-state index contributed by atoms with van der Waals surface area (Å²) in [6.45, 7) is 3.57. The Kier molecular flexibility index (Phi) is 5.33.